The predicted molar refractivity (Wildman–Crippen MR) is 70.5 cm³/mol. The lowest BCUT2D eigenvalue weighted by Gasteiger charge is -2.07. The van der Waals surface area contributed by atoms with Crippen LogP contribution in [0.15, 0.2) is 18.2 Å². The Kier molecular flexibility index (Phi) is 5.74. The Morgan fingerprint density at radius 1 is 1.42 bits per heavy atom. The topological polar surface area (TPSA) is 93.5 Å². The summed E-state index contributed by atoms with van der Waals surface area (Å²) in [7, 11) is 1.44. The second-order valence-electron chi connectivity index (χ2n) is 3.75. The monoisotopic (exact) mass is 267 g/mol. The lowest BCUT2D eigenvalue weighted by Crippen LogP contribution is -2.32. The third-order valence-electron chi connectivity index (χ3n) is 2.48. The molecule has 0 saturated carbocycles. The highest BCUT2D eigenvalue weighted by Gasteiger charge is 2.20. The molecule has 0 aromatic heterocycles. The van der Waals surface area contributed by atoms with E-state index in [4.69, 9.17) is 4.74 Å². The Labute approximate surface area is 111 Å². The van der Waals surface area contributed by atoms with Crippen LogP contribution >= 0.6 is 0 Å². The first-order valence-corrected chi connectivity index (χ1v) is 5.91. The third kappa shape index (κ3) is 4.22. The van der Waals surface area contributed by atoms with Crippen molar-refractivity contribution in [2.24, 2.45) is 0 Å². The first-order chi connectivity index (χ1) is 9.10. The van der Waals surface area contributed by atoms with E-state index in [-0.39, 0.29) is 11.3 Å². The first-order valence-electron chi connectivity index (χ1n) is 5.91. The Balaban J connectivity index is 2.83. The van der Waals surface area contributed by atoms with E-state index in [1.165, 1.54) is 25.3 Å². The van der Waals surface area contributed by atoms with Gasteiger partial charge in [0.25, 0.3) is 11.6 Å². The molecule has 0 aliphatic carbocycles. The Hall–Kier alpha value is -2.15. The van der Waals surface area contributed by atoms with Crippen molar-refractivity contribution in [1.82, 2.24) is 10.6 Å². The number of carbonyl (C=O) groups is 1. The largest absolute Gasteiger partial charge is 0.497 e. The fraction of sp³-hybridized carbons (Fsp3) is 0.417. The molecule has 0 heterocycles. The highest BCUT2D eigenvalue weighted by atomic mass is 16.6. The average molecular weight is 267 g/mol. The SMILES string of the molecule is CCNCCNC(=O)c1cc(OC)ccc1[N+](=O)[O-]. The molecule has 0 bridgehead atoms. The van der Waals surface area contributed by atoms with Crippen LogP contribution in [0.1, 0.15) is 17.3 Å². The first kappa shape index (κ1) is 14.9. The van der Waals surface area contributed by atoms with Gasteiger partial charge in [-0.3, -0.25) is 14.9 Å². The number of hydrogen-bond acceptors (Lipinski definition) is 5. The minimum atomic E-state index is -0.585. The molecule has 1 rings (SSSR count). The standard InChI is InChI=1S/C12H17N3O4/c1-3-13-6-7-14-12(16)10-8-9(19-2)4-5-11(10)15(17)18/h4-5,8,13H,3,6-7H2,1-2H3,(H,14,16). The van der Waals surface area contributed by atoms with E-state index in [2.05, 4.69) is 10.6 Å². The van der Waals surface area contributed by atoms with Gasteiger partial charge in [-0.25, -0.2) is 0 Å². The van der Waals surface area contributed by atoms with Crippen LogP contribution in [0.2, 0.25) is 0 Å². The lowest BCUT2D eigenvalue weighted by molar-refractivity contribution is -0.385. The molecule has 0 saturated heterocycles. The average Bonchev–Trinajstić information content (AvgIpc) is 2.42. The molecule has 0 spiro atoms. The summed E-state index contributed by atoms with van der Waals surface area (Å²) in [5, 5.41) is 16.5. The van der Waals surface area contributed by atoms with Crippen LogP contribution in [0.3, 0.4) is 0 Å². The number of nitro benzene ring substituents is 1. The number of rotatable bonds is 7. The fourth-order valence-electron chi connectivity index (χ4n) is 1.52. The molecular formula is C12H17N3O4. The predicted octanol–water partition coefficient (Wildman–Crippen LogP) is 0.943. The number of likely N-dealkylation sites (N-methyl/N-ethyl adjacent to an activating group) is 1. The van der Waals surface area contributed by atoms with Crippen LogP contribution < -0.4 is 15.4 Å². The molecule has 1 amide bonds. The van der Waals surface area contributed by atoms with Gasteiger partial charge in [-0.1, -0.05) is 6.92 Å². The summed E-state index contributed by atoms with van der Waals surface area (Å²) in [4.78, 5) is 22.2. The number of hydrogen-bond donors (Lipinski definition) is 2. The van der Waals surface area contributed by atoms with Crippen molar-refractivity contribution in [3.8, 4) is 5.75 Å². The number of carbonyl (C=O) groups excluding carboxylic acids is 1. The van der Waals surface area contributed by atoms with E-state index >= 15 is 0 Å². The van der Waals surface area contributed by atoms with Crippen molar-refractivity contribution in [2.75, 3.05) is 26.7 Å². The van der Waals surface area contributed by atoms with E-state index in [1.54, 1.807) is 0 Å². The van der Waals surface area contributed by atoms with Gasteiger partial charge in [0.2, 0.25) is 0 Å². The fourth-order valence-corrected chi connectivity index (χ4v) is 1.52. The third-order valence-corrected chi connectivity index (χ3v) is 2.48. The van der Waals surface area contributed by atoms with Crippen LogP contribution in [0, 0.1) is 10.1 Å². The van der Waals surface area contributed by atoms with E-state index in [9.17, 15) is 14.9 Å². The van der Waals surface area contributed by atoms with Gasteiger partial charge in [0.1, 0.15) is 11.3 Å². The van der Waals surface area contributed by atoms with Gasteiger partial charge in [0.05, 0.1) is 12.0 Å². The molecule has 0 aliphatic heterocycles. The van der Waals surface area contributed by atoms with Crippen LogP contribution in [0.25, 0.3) is 0 Å². The number of nitrogens with zero attached hydrogens (tertiary/aromatic N) is 1. The van der Waals surface area contributed by atoms with Gasteiger partial charge in [0.15, 0.2) is 0 Å². The van der Waals surface area contributed by atoms with Crippen LogP contribution in [0.5, 0.6) is 5.75 Å². The smallest absolute Gasteiger partial charge is 0.282 e. The van der Waals surface area contributed by atoms with Gasteiger partial charge in [-0.15, -0.1) is 0 Å². The summed E-state index contributed by atoms with van der Waals surface area (Å²) in [5.41, 5.74) is -0.234. The molecule has 19 heavy (non-hydrogen) atoms. The minimum absolute atomic E-state index is 0.000786. The van der Waals surface area contributed by atoms with Crippen molar-refractivity contribution in [3.05, 3.63) is 33.9 Å². The molecule has 104 valence electrons. The van der Waals surface area contributed by atoms with Crippen molar-refractivity contribution in [1.29, 1.82) is 0 Å². The summed E-state index contributed by atoms with van der Waals surface area (Å²) in [6, 6.07) is 4.08. The van der Waals surface area contributed by atoms with Crippen molar-refractivity contribution < 1.29 is 14.5 Å². The Morgan fingerprint density at radius 3 is 2.74 bits per heavy atom. The van der Waals surface area contributed by atoms with E-state index in [1.807, 2.05) is 6.92 Å². The molecule has 0 unspecified atom stereocenters. The number of ether oxygens (including phenoxy) is 1. The van der Waals surface area contributed by atoms with Crippen molar-refractivity contribution in [3.63, 3.8) is 0 Å². The molecule has 0 radical (unpaired) electrons. The van der Waals surface area contributed by atoms with Gasteiger partial charge in [0, 0.05) is 19.2 Å². The summed E-state index contributed by atoms with van der Waals surface area (Å²) < 4.78 is 4.97. The molecular weight excluding hydrogens is 250 g/mol. The van der Waals surface area contributed by atoms with Crippen LogP contribution in [-0.2, 0) is 0 Å². The molecule has 0 aliphatic rings. The molecule has 7 nitrogen and oxygen atoms in total. The Bertz CT molecular complexity index is 462. The molecule has 0 atom stereocenters. The van der Waals surface area contributed by atoms with Gasteiger partial charge in [-0.05, 0) is 18.7 Å². The number of nitrogens with one attached hydrogen (secondary N) is 2. The quantitative estimate of drug-likeness (QED) is 0.435. The second-order valence-corrected chi connectivity index (χ2v) is 3.75. The Morgan fingerprint density at radius 2 is 2.16 bits per heavy atom. The number of methoxy groups -OCH3 is 1. The normalized spacial score (nSPS) is 10.0. The lowest BCUT2D eigenvalue weighted by atomic mass is 10.1. The molecule has 1 aromatic rings. The number of nitro groups is 1. The maximum atomic E-state index is 11.9. The summed E-state index contributed by atoms with van der Waals surface area (Å²) in [6.07, 6.45) is 0. The summed E-state index contributed by atoms with van der Waals surface area (Å²) >= 11 is 0. The maximum absolute atomic E-state index is 11.9. The molecule has 1 aromatic carbocycles. The van der Waals surface area contributed by atoms with E-state index in [0.29, 0.717) is 18.8 Å². The summed E-state index contributed by atoms with van der Waals surface area (Å²) in [5.74, 6) is -0.0778. The molecule has 7 heteroatoms. The zero-order valence-corrected chi connectivity index (χ0v) is 10.9. The minimum Gasteiger partial charge on any atom is -0.497 e. The number of amides is 1. The van der Waals surface area contributed by atoms with Gasteiger partial charge >= 0.3 is 0 Å². The number of benzene rings is 1. The van der Waals surface area contributed by atoms with E-state index in [0.717, 1.165) is 6.54 Å². The van der Waals surface area contributed by atoms with Crippen LogP contribution in [0.4, 0.5) is 5.69 Å². The maximum Gasteiger partial charge on any atom is 0.282 e. The van der Waals surface area contributed by atoms with Crippen LogP contribution in [-0.4, -0.2) is 37.6 Å². The summed E-state index contributed by atoms with van der Waals surface area (Å²) in [6.45, 7) is 3.77. The van der Waals surface area contributed by atoms with E-state index < -0.39 is 10.8 Å². The van der Waals surface area contributed by atoms with Gasteiger partial charge < -0.3 is 15.4 Å². The zero-order chi connectivity index (χ0) is 14.3. The second kappa shape index (κ2) is 7.32. The molecule has 2 N–H and O–H groups in total. The highest BCUT2D eigenvalue weighted by Crippen LogP contribution is 2.23. The van der Waals surface area contributed by atoms with Gasteiger partial charge in [-0.2, -0.15) is 0 Å². The molecule has 0 fully saturated rings. The zero-order valence-electron chi connectivity index (χ0n) is 10.9. The van der Waals surface area contributed by atoms with Crippen molar-refractivity contribution >= 4 is 11.6 Å². The van der Waals surface area contributed by atoms with Crippen molar-refractivity contribution in [2.45, 2.75) is 6.92 Å². The highest BCUT2D eigenvalue weighted by molar-refractivity contribution is 5.98.